The summed E-state index contributed by atoms with van der Waals surface area (Å²) in [5, 5.41) is 1.20. The molecular formula is C26H22Cl2N4O2S. The zero-order valence-corrected chi connectivity index (χ0v) is 21.5. The van der Waals surface area contributed by atoms with Crippen LogP contribution in [-0.2, 0) is 4.79 Å². The fraction of sp³-hybridized carbons (Fsp3) is 0.231. The number of benzene rings is 2. The molecule has 0 atom stereocenters. The molecule has 0 aliphatic carbocycles. The lowest BCUT2D eigenvalue weighted by Crippen LogP contribution is -2.44. The van der Waals surface area contributed by atoms with Gasteiger partial charge in [0, 0.05) is 24.0 Å². The van der Waals surface area contributed by atoms with Crippen LogP contribution in [0.4, 0.5) is 11.4 Å². The van der Waals surface area contributed by atoms with E-state index >= 15 is 0 Å². The lowest BCUT2D eigenvalue weighted by atomic mass is 10.0. The summed E-state index contributed by atoms with van der Waals surface area (Å²) in [5.74, 6) is 0.449. The van der Waals surface area contributed by atoms with Crippen LogP contribution < -0.4 is 9.64 Å². The third-order valence-corrected chi connectivity index (χ3v) is 6.86. The van der Waals surface area contributed by atoms with Crippen molar-refractivity contribution in [1.29, 1.82) is 0 Å². The molecule has 1 aliphatic heterocycles. The highest BCUT2D eigenvalue weighted by molar-refractivity contribution is 7.80. The van der Waals surface area contributed by atoms with Gasteiger partial charge in [-0.25, -0.2) is 4.85 Å². The van der Waals surface area contributed by atoms with Crippen LogP contribution in [0.1, 0.15) is 20.3 Å². The standard InChI is InChI=1S/C26H22Cl2N4O2S/c1-26(2)24(33)32(19-6-7-22(29-3)20(27)16-19)25(35)31(26)13-4-14-34-23-8-5-18(15-21(23)28)17-9-11-30-12-10-17/h5-12,15-16H,4,13-14H2,1-2H3. The third kappa shape index (κ3) is 4.96. The molecule has 0 saturated carbocycles. The maximum absolute atomic E-state index is 13.2. The smallest absolute Gasteiger partial charge is 0.258 e. The van der Waals surface area contributed by atoms with Gasteiger partial charge in [0.15, 0.2) is 5.11 Å². The summed E-state index contributed by atoms with van der Waals surface area (Å²) in [4.78, 5) is 24.0. The first-order chi connectivity index (χ1) is 16.7. The second-order valence-corrected chi connectivity index (χ2v) is 9.64. The Kier molecular flexibility index (Phi) is 7.27. The van der Waals surface area contributed by atoms with Crippen LogP contribution in [-0.4, -0.2) is 39.6 Å². The SMILES string of the molecule is [C-]#[N+]c1ccc(N2C(=O)C(C)(C)N(CCCOc3ccc(-c4ccncc4)cc3Cl)C2=S)cc1Cl. The minimum absolute atomic E-state index is 0.148. The van der Waals surface area contributed by atoms with Crippen molar-refractivity contribution in [3.05, 3.63) is 82.4 Å². The molecule has 2 aromatic carbocycles. The number of nitrogens with zero attached hydrogens (tertiary/aromatic N) is 4. The van der Waals surface area contributed by atoms with Gasteiger partial charge in [-0.15, -0.1) is 0 Å². The van der Waals surface area contributed by atoms with Crippen molar-refractivity contribution in [3.8, 4) is 16.9 Å². The molecule has 3 aromatic rings. The molecule has 1 amide bonds. The van der Waals surface area contributed by atoms with E-state index in [1.165, 1.54) is 4.90 Å². The fourth-order valence-corrected chi connectivity index (χ4v) is 4.87. The average Bonchev–Trinajstić information content (AvgIpc) is 3.01. The molecule has 0 spiro atoms. The average molecular weight is 525 g/mol. The van der Waals surface area contributed by atoms with Crippen molar-refractivity contribution < 1.29 is 9.53 Å². The van der Waals surface area contributed by atoms with Crippen LogP contribution >= 0.6 is 35.4 Å². The number of halogens is 2. The molecule has 35 heavy (non-hydrogen) atoms. The number of anilines is 1. The molecule has 9 heteroatoms. The van der Waals surface area contributed by atoms with Gasteiger partial charge in [0.1, 0.15) is 11.3 Å². The molecular weight excluding hydrogens is 503 g/mol. The number of carbonyl (C=O) groups is 1. The number of thiocarbonyl (C=S) groups is 1. The van der Waals surface area contributed by atoms with Crippen LogP contribution in [0.2, 0.25) is 10.0 Å². The number of amides is 1. The van der Waals surface area contributed by atoms with Gasteiger partial charge in [0.2, 0.25) is 5.69 Å². The van der Waals surface area contributed by atoms with Crippen LogP contribution in [0.15, 0.2) is 60.9 Å². The lowest BCUT2D eigenvalue weighted by Gasteiger charge is -2.29. The monoisotopic (exact) mass is 524 g/mol. The van der Waals surface area contributed by atoms with Gasteiger partial charge >= 0.3 is 0 Å². The molecule has 0 unspecified atom stereocenters. The summed E-state index contributed by atoms with van der Waals surface area (Å²) in [5.41, 5.74) is 2.06. The van der Waals surface area contributed by atoms with E-state index < -0.39 is 5.54 Å². The van der Waals surface area contributed by atoms with E-state index in [2.05, 4.69) is 9.83 Å². The van der Waals surface area contributed by atoms with Crippen LogP contribution in [0.5, 0.6) is 5.75 Å². The summed E-state index contributed by atoms with van der Waals surface area (Å²) >= 11 is 18.3. The predicted molar refractivity (Wildman–Crippen MR) is 143 cm³/mol. The second kappa shape index (κ2) is 10.2. The number of hydrogen-bond acceptors (Lipinski definition) is 4. The zero-order valence-electron chi connectivity index (χ0n) is 19.2. The Labute approximate surface area is 219 Å². The van der Waals surface area contributed by atoms with Gasteiger partial charge in [-0.2, -0.15) is 0 Å². The first kappa shape index (κ1) is 24.9. The quantitative estimate of drug-likeness (QED) is 0.193. The van der Waals surface area contributed by atoms with Crippen molar-refractivity contribution in [1.82, 2.24) is 9.88 Å². The van der Waals surface area contributed by atoms with E-state index in [-0.39, 0.29) is 10.9 Å². The third-order valence-electron chi connectivity index (χ3n) is 5.86. The van der Waals surface area contributed by atoms with Crippen molar-refractivity contribution in [2.45, 2.75) is 25.8 Å². The molecule has 0 bridgehead atoms. The Morgan fingerprint density at radius 2 is 1.80 bits per heavy atom. The highest BCUT2D eigenvalue weighted by Gasteiger charge is 2.49. The van der Waals surface area contributed by atoms with Crippen molar-refractivity contribution in [3.63, 3.8) is 0 Å². The Morgan fingerprint density at radius 1 is 1.06 bits per heavy atom. The molecule has 178 valence electrons. The summed E-state index contributed by atoms with van der Waals surface area (Å²) in [7, 11) is 0. The Balaban J connectivity index is 1.40. The lowest BCUT2D eigenvalue weighted by molar-refractivity contribution is -0.123. The summed E-state index contributed by atoms with van der Waals surface area (Å²) in [6.07, 6.45) is 4.10. The van der Waals surface area contributed by atoms with Gasteiger partial charge in [0.25, 0.3) is 5.91 Å². The van der Waals surface area contributed by atoms with Crippen molar-refractivity contribution in [2.75, 3.05) is 18.1 Å². The number of ether oxygens (including phenoxy) is 1. The highest BCUT2D eigenvalue weighted by Crippen LogP contribution is 2.36. The fourth-order valence-electron chi connectivity index (χ4n) is 3.91. The first-order valence-electron chi connectivity index (χ1n) is 10.9. The van der Waals surface area contributed by atoms with Gasteiger partial charge in [-0.05, 0) is 80.0 Å². The Hall–Kier alpha value is -3.18. The molecule has 0 N–H and O–H groups in total. The summed E-state index contributed by atoms with van der Waals surface area (Å²) in [6, 6.07) is 14.4. The van der Waals surface area contributed by atoms with E-state index in [0.29, 0.717) is 46.8 Å². The second-order valence-electron chi connectivity index (χ2n) is 8.46. The minimum atomic E-state index is -0.828. The van der Waals surface area contributed by atoms with Crippen LogP contribution in [0.3, 0.4) is 0 Å². The molecule has 4 rings (SSSR count). The van der Waals surface area contributed by atoms with Gasteiger partial charge in [-0.3, -0.25) is 14.7 Å². The Bertz CT molecular complexity index is 1320. The molecule has 6 nitrogen and oxygen atoms in total. The van der Waals surface area contributed by atoms with E-state index in [4.69, 9.17) is 46.7 Å². The molecule has 1 saturated heterocycles. The molecule has 2 heterocycles. The summed E-state index contributed by atoms with van der Waals surface area (Å²) < 4.78 is 5.91. The molecule has 1 aromatic heterocycles. The van der Waals surface area contributed by atoms with Crippen LogP contribution in [0.25, 0.3) is 16.0 Å². The number of hydrogen-bond donors (Lipinski definition) is 0. The normalized spacial score (nSPS) is 14.8. The van der Waals surface area contributed by atoms with Gasteiger partial charge < -0.3 is 9.64 Å². The maximum atomic E-state index is 13.2. The molecule has 1 fully saturated rings. The number of rotatable bonds is 7. The molecule has 1 aliphatic rings. The predicted octanol–water partition coefficient (Wildman–Crippen LogP) is 6.79. The summed E-state index contributed by atoms with van der Waals surface area (Å²) in [6.45, 7) is 11.8. The number of carbonyl (C=O) groups excluding carboxylic acids is 1. The zero-order chi connectivity index (χ0) is 25.2. The van der Waals surface area contributed by atoms with Crippen LogP contribution in [0, 0.1) is 6.57 Å². The Morgan fingerprint density at radius 3 is 2.46 bits per heavy atom. The maximum Gasteiger partial charge on any atom is 0.258 e. The highest BCUT2D eigenvalue weighted by atomic mass is 35.5. The van der Waals surface area contributed by atoms with E-state index in [9.17, 15) is 4.79 Å². The van der Waals surface area contributed by atoms with E-state index in [0.717, 1.165) is 11.1 Å². The number of aromatic nitrogens is 1. The van der Waals surface area contributed by atoms with Crippen molar-refractivity contribution in [2.24, 2.45) is 0 Å². The van der Waals surface area contributed by atoms with E-state index in [1.54, 1.807) is 30.6 Å². The minimum Gasteiger partial charge on any atom is -0.492 e. The topological polar surface area (TPSA) is 50.0 Å². The van der Waals surface area contributed by atoms with Gasteiger partial charge in [-0.1, -0.05) is 35.3 Å². The van der Waals surface area contributed by atoms with Gasteiger partial charge in [0.05, 0.1) is 23.9 Å². The number of pyridine rings is 1. The molecule has 0 radical (unpaired) electrons. The first-order valence-corrected chi connectivity index (χ1v) is 12.1. The van der Waals surface area contributed by atoms with Crippen molar-refractivity contribution >= 4 is 57.8 Å². The largest absolute Gasteiger partial charge is 0.492 e. The van der Waals surface area contributed by atoms with E-state index in [1.807, 2.05) is 49.1 Å².